The number of aliphatic hydroxyl groups excluding tert-OH is 1. The Morgan fingerprint density at radius 1 is 1.22 bits per heavy atom. The lowest BCUT2D eigenvalue weighted by molar-refractivity contribution is 0.177. The molecule has 18 heavy (non-hydrogen) atoms. The molecule has 5 heteroatoms. The maximum atomic E-state index is 10.1. The van der Waals surface area contributed by atoms with E-state index in [-0.39, 0.29) is 0 Å². The standard InChI is InChI=1S/C13H10BrCl2NO/c14-8-1-3-10(17-7-8)6-13(18)11-4-2-9(15)5-12(11)16/h1-5,7,13,18H,6H2. The normalized spacial score (nSPS) is 12.4. The van der Waals surface area contributed by atoms with Crippen LogP contribution in [0.3, 0.4) is 0 Å². The van der Waals surface area contributed by atoms with Crippen LogP contribution >= 0.6 is 39.1 Å². The summed E-state index contributed by atoms with van der Waals surface area (Å²) < 4.78 is 0.908. The molecule has 1 aromatic carbocycles. The first-order chi connectivity index (χ1) is 8.56. The van der Waals surface area contributed by atoms with Gasteiger partial charge in [0.25, 0.3) is 0 Å². The van der Waals surface area contributed by atoms with E-state index in [0.717, 1.165) is 10.2 Å². The predicted molar refractivity (Wildman–Crippen MR) is 77.1 cm³/mol. The van der Waals surface area contributed by atoms with E-state index < -0.39 is 6.10 Å². The summed E-state index contributed by atoms with van der Waals surface area (Å²) in [6.45, 7) is 0. The number of hydrogen-bond donors (Lipinski definition) is 1. The molecule has 0 spiro atoms. The van der Waals surface area contributed by atoms with E-state index in [1.54, 1.807) is 24.4 Å². The van der Waals surface area contributed by atoms with E-state index >= 15 is 0 Å². The smallest absolute Gasteiger partial charge is 0.0859 e. The Labute approximate surface area is 124 Å². The average Bonchev–Trinajstić information content (AvgIpc) is 2.32. The summed E-state index contributed by atoms with van der Waals surface area (Å²) in [5.74, 6) is 0. The lowest BCUT2D eigenvalue weighted by Crippen LogP contribution is -2.04. The minimum absolute atomic E-state index is 0.411. The van der Waals surface area contributed by atoms with Crippen LogP contribution in [0.15, 0.2) is 41.0 Å². The highest BCUT2D eigenvalue weighted by Crippen LogP contribution is 2.28. The van der Waals surface area contributed by atoms with E-state index in [9.17, 15) is 5.11 Å². The van der Waals surface area contributed by atoms with Crippen LogP contribution in [-0.2, 0) is 6.42 Å². The first-order valence-electron chi connectivity index (χ1n) is 5.29. The Balaban J connectivity index is 2.16. The zero-order valence-electron chi connectivity index (χ0n) is 9.28. The van der Waals surface area contributed by atoms with Gasteiger partial charge < -0.3 is 5.11 Å². The number of benzene rings is 1. The zero-order chi connectivity index (χ0) is 13.1. The van der Waals surface area contributed by atoms with Gasteiger partial charge in [-0.15, -0.1) is 0 Å². The van der Waals surface area contributed by atoms with E-state index in [1.165, 1.54) is 0 Å². The van der Waals surface area contributed by atoms with Crippen molar-refractivity contribution in [2.45, 2.75) is 12.5 Å². The number of aliphatic hydroxyl groups is 1. The molecule has 2 aromatic rings. The molecule has 94 valence electrons. The van der Waals surface area contributed by atoms with Gasteiger partial charge in [-0.2, -0.15) is 0 Å². The summed E-state index contributed by atoms with van der Waals surface area (Å²) in [6.07, 6.45) is 1.42. The largest absolute Gasteiger partial charge is 0.388 e. The number of aromatic nitrogens is 1. The second kappa shape index (κ2) is 6.02. The third-order valence-electron chi connectivity index (χ3n) is 2.51. The molecule has 0 aliphatic carbocycles. The molecule has 1 atom stereocenters. The van der Waals surface area contributed by atoms with E-state index in [0.29, 0.717) is 22.0 Å². The molecule has 0 bridgehead atoms. The quantitative estimate of drug-likeness (QED) is 0.891. The highest BCUT2D eigenvalue weighted by Gasteiger charge is 2.13. The van der Waals surface area contributed by atoms with E-state index in [4.69, 9.17) is 23.2 Å². The Bertz CT molecular complexity index is 545. The second-order valence-corrected chi connectivity index (χ2v) is 5.61. The first-order valence-corrected chi connectivity index (χ1v) is 6.84. The Morgan fingerprint density at radius 3 is 2.61 bits per heavy atom. The van der Waals surface area contributed by atoms with Gasteiger partial charge in [0.1, 0.15) is 0 Å². The molecule has 1 aromatic heterocycles. The Morgan fingerprint density at radius 2 is 2.00 bits per heavy atom. The second-order valence-electron chi connectivity index (χ2n) is 3.85. The highest BCUT2D eigenvalue weighted by atomic mass is 79.9. The van der Waals surface area contributed by atoms with Gasteiger partial charge >= 0.3 is 0 Å². The molecule has 1 N–H and O–H groups in total. The molecule has 0 aliphatic heterocycles. The molecule has 0 radical (unpaired) electrons. The third kappa shape index (κ3) is 3.45. The maximum Gasteiger partial charge on any atom is 0.0859 e. The lowest BCUT2D eigenvalue weighted by atomic mass is 10.0. The van der Waals surface area contributed by atoms with Crippen LogP contribution in [0.4, 0.5) is 0 Å². The summed E-state index contributed by atoms with van der Waals surface area (Å²) in [6, 6.07) is 8.81. The Kier molecular flexibility index (Phi) is 4.62. The Hall–Kier alpha value is -0.610. The van der Waals surface area contributed by atoms with Crippen LogP contribution in [0.2, 0.25) is 10.0 Å². The maximum absolute atomic E-state index is 10.1. The van der Waals surface area contributed by atoms with Crippen LogP contribution in [0, 0.1) is 0 Å². The van der Waals surface area contributed by atoms with Gasteiger partial charge in [0.15, 0.2) is 0 Å². The SMILES string of the molecule is OC(Cc1ccc(Br)cn1)c1ccc(Cl)cc1Cl. The van der Waals surface area contributed by atoms with Crippen molar-refractivity contribution in [2.24, 2.45) is 0 Å². The van der Waals surface area contributed by atoms with Crippen molar-refractivity contribution in [2.75, 3.05) is 0 Å². The number of halogens is 3. The van der Waals surface area contributed by atoms with Crippen molar-refractivity contribution >= 4 is 39.1 Å². The summed E-state index contributed by atoms with van der Waals surface area (Å²) >= 11 is 15.2. The average molecular weight is 347 g/mol. The number of nitrogens with zero attached hydrogens (tertiary/aromatic N) is 1. The third-order valence-corrected chi connectivity index (χ3v) is 3.54. The first kappa shape index (κ1) is 13.8. The molecule has 0 saturated heterocycles. The van der Waals surface area contributed by atoms with Crippen molar-refractivity contribution in [3.05, 3.63) is 62.3 Å². The van der Waals surface area contributed by atoms with Crippen LogP contribution < -0.4 is 0 Å². The number of hydrogen-bond acceptors (Lipinski definition) is 2. The van der Waals surface area contributed by atoms with Gasteiger partial charge in [-0.3, -0.25) is 4.98 Å². The van der Waals surface area contributed by atoms with Crippen molar-refractivity contribution in [3.8, 4) is 0 Å². The molecule has 1 heterocycles. The minimum Gasteiger partial charge on any atom is -0.388 e. The van der Waals surface area contributed by atoms with E-state index in [2.05, 4.69) is 20.9 Å². The number of pyridine rings is 1. The van der Waals surface area contributed by atoms with Gasteiger partial charge in [0.05, 0.1) is 6.10 Å². The lowest BCUT2D eigenvalue weighted by Gasteiger charge is -2.12. The fraction of sp³-hybridized carbons (Fsp3) is 0.154. The van der Waals surface area contributed by atoms with E-state index in [1.807, 2.05) is 12.1 Å². The fourth-order valence-corrected chi connectivity index (χ4v) is 2.38. The molecule has 0 saturated carbocycles. The van der Waals surface area contributed by atoms with Gasteiger partial charge in [-0.05, 0) is 45.8 Å². The molecule has 1 unspecified atom stereocenters. The zero-order valence-corrected chi connectivity index (χ0v) is 12.4. The number of rotatable bonds is 3. The van der Waals surface area contributed by atoms with Crippen molar-refractivity contribution in [3.63, 3.8) is 0 Å². The van der Waals surface area contributed by atoms with Crippen molar-refractivity contribution in [1.82, 2.24) is 4.98 Å². The molecular weight excluding hydrogens is 337 g/mol. The van der Waals surface area contributed by atoms with Crippen LogP contribution in [0.25, 0.3) is 0 Å². The minimum atomic E-state index is -0.691. The van der Waals surface area contributed by atoms with Gasteiger partial charge in [-0.1, -0.05) is 29.3 Å². The molecule has 0 aliphatic rings. The summed E-state index contributed by atoms with van der Waals surface area (Å²) in [7, 11) is 0. The van der Waals surface area contributed by atoms with Crippen LogP contribution in [-0.4, -0.2) is 10.1 Å². The van der Waals surface area contributed by atoms with Gasteiger partial charge in [0, 0.05) is 32.8 Å². The predicted octanol–water partition coefficient (Wildman–Crippen LogP) is 4.43. The molecule has 0 fully saturated rings. The highest BCUT2D eigenvalue weighted by molar-refractivity contribution is 9.10. The molecule has 0 amide bonds. The van der Waals surface area contributed by atoms with Crippen molar-refractivity contribution < 1.29 is 5.11 Å². The monoisotopic (exact) mass is 345 g/mol. The van der Waals surface area contributed by atoms with Crippen LogP contribution in [0.5, 0.6) is 0 Å². The summed E-state index contributed by atoms with van der Waals surface area (Å²) in [5, 5.41) is 11.2. The topological polar surface area (TPSA) is 33.1 Å². The van der Waals surface area contributed by atoms with Crippen molar-refractivity contribution in [1.29, 1.82) is 0 Å². The molecule has 2 nitrogen and oxygen atoms in total. The van der Waals surface area contributed by atoms with Gasteiger partial charge in [-0.25, -0.2) is 0 Å². The summed E-state index contributed by atoms with van der Waals surface area (Å²) in [4.78, 5) is 4.21. The fourth-order valence-electron chi connectivity index (χ4n) is 1.61. The molecule has 2 rings (SSSR count). The van der Waals surface area contributed by atoms with Crippen LogP contribution in [0.1, 0.15) is 17.4 Å². The summed E-state index contributed by atoms with van der Waals surface area (Å²) in [5.41, 5.74) is 1.46. The molecular formula is C13H10BrCl2NO. The van der Waals surface area contributed by atoms with Gasteiger partial charge in [0.2, 0.25) is 0 Å².